The number of fused-ring (bicyclic) bond motifs is 1. The fourth-order valence-electron chi connectivity index (χ4n) is 4.74. The first-order chi connectivity index (χ1) is 20.6. The molecule has 0 aliphatic rings. The van der Waals surface area contributed by atoms with Crippen LogP contribution in [0.4, 0.5) is 8.78 Å². The third-order valence-electron chi connectivity index (χ3n) is 7.05. The van der Waals surface area contributed by atoms with Crippen molar-refractivity contribution in [2.24, 2.45) is 7.05 Å². The Labute approximate surface area is 245 Å². The molecule has 3 heterocycles. The number of aryl methyl sites for hydroxylation is 1. The summed E-state index contributed by atoms with van der Waals surface area (Å²) in [6, 6.07) is 11.1. The number of nitrogens with zero attached hydrogens (tertiary/aromatic N) is 3. The van der Waals surface area contributed by atoms with Crippen LogP contribution in [0.15, 0.2) is 65.7 Å². The molecule has 0 bridgehead atoms. The van der Waals surface area contributed by atoms with Gasteiger partial charge >= 0.3 is 0 Å². The van der Waals surface area contributed by atoms with Crippen molar-refractivity contribution in [2.75, 3.05) is 21.3 Å². The van der Waals surface area contributed by atoms with Gasteiger partial charge < -0.3 is 23.5 Å². The van der Waals surface area contributed by atoms with Gasteiger partial charge in [-0.1, -0.05) is 12.1 Å². The Bertz CT molecular complexity index is 1920. The van der Waals surface area contributed by atoms with E-state index >= 15 is 4.39 Å². The molecular formula is C32H27F2N3O6. The molecule has 0 amide bonds. The first kappa shape index (κ1) is 29.2. The number of hydrogen-bond acceptors (Lipinski definition) is 8. The minimum atomic E-state index is -0.766. The van der Waals surface area contributed by atoms with Gasteiger partial charge in [-0.3, -0.25) is 14.6 Å². The van der Waals surface area contributed by atoms with Gasteiger partial charge in [0.2, 0.25) is 0 Å². The van der Waals surface area contributed by atoms with Crippen molar-refractivity contribution in [3.8, 4) is 40.0 Å². The number of ether oxygens (including phenoxy) is 4. The molecule has 11 heteroatoms. The third-order valence-corrected chi connectivity index (χ3v) is 7.05. The summed E-state index contributed by atoms with van der Waals surface area (Å²) in [5, 5.41) is 0. The maximum absolute atomic E-state index is 15.4. The van der Waals surface area contributed by atoms with Crippen LogP contribution in [0.5, 0.6) is 28.9 Å². The van der Waals surface area contributed by atoms with E-state index in [1.165, 1.54) is 70.1 Å². The van der Waals surface area contributed by atoms with Crippen LogP contribution in [-0.2, 0) is 13.5 Å². The minimum absolute atomic E-state index is 0.0890. The van der Waals surface area contributed by atoms with Crippen molar-refractivity contribution in [1.82, 2.24) is 14.5 Å². The molecule has 3 aromatic heterocycles. The van der Waals surface area contributed by atoms with Crippen LogP contribution < -0.4 is 24.4 Å². The maximum Gasteiger partial charge on any atom is 0.257 e. The fraction of sp³-hybridized carbons (Fsp3) is 0.188. The number of pyridine rings is 3. The number of halogens is 2. The van der Waals surface area contributed by atoms with Gasteiger partial charge in [0.1, 0.15) is 17.1 Å². The summed E-state index contributed by atoms with van der Waals surface area (Å²) in [5.41, 5.74) is 1.73. The molecule has 0 unspecified atom stereocenters. The van der Waals surface area contributed by atoms with Crippen LogP contribution in [0.25, 0.3) is 22.2 Å². The van der Waals surface area contributed by atoms with Crippen molar-refractivity contribution in [2.45, 2.75) is 13.3 Å². The van der Waals surface area contributed by atoms with Gasteiger partial charge in [-0.15, -0.1) is 0 Å². The highest BCUT2D eigenvalue weighted by Gasteiger charge is 2.22. The Morgan fingerprint density at radius 3 is 2.30 bits per heavy atom. The molecule has 0 atom stereocenters. The van der Waals surface area contributed by atoms with Crippen molar-refractivity contribution in [1.29, 1.82) is 0 Å². The molecule has 5 rings (SSSR count). The van der Waals surface area contributed by atoms with E-state index < -0.39 is 22.8 Å². The quantitative estimate of drug-likeness (QED) is 0.199. The van der Waals surface area contributed by atoms with Gasteiger partial charge in [0.15, 0.2) is 34.3 Å². The van der Waals surface area contributed by atoms with Gasteiger partial charge in [0, 0.05) is 60.9 Å². The number of ketones is 1. The van der Waals surface area contributed by atoms with E-state index in [9.17, 15) is 14.0 Å². The first-order valence-electron chi connectivity index (χ1n) is 13.1. The van der Waals surface area contributed by atoms with Crippen molar-refractivity contribution in [3.05, 3.63) is 99.6 Å². The molecule has 0 radical (unpaired) electrons. The summed E-state index contributed by atoms with van der Waals surface area (Å²) < 4.78 is 52.5. The number of methoxy groups -OCH3 is 3. The first-order valence-corrected chi connectivity index (χ1v) is 13.1. The molecule has 0 N–H and O–H groups in total. The smallest absolute Gasteiger partial charge is 0.257 e. The van der Waals surface area contributed by atoms with Crippen LogP contribution in [0.2, 0.25) is 0 Å². The number of aromatic nitrogens is 3. The highest BCUT2D eigenvalue weighted by Crippen LogP contribution is 2.37. The Kier molecular flexibility index (Phi) is 8.07. The molecule has 43 heavy (non-hydrogen) atoms. The van der Waals surface area contributed by atoms with Crippen molar-refractivity contribution < 1.29 is 32.5 Å². The molecule has 2 aromatic carbocycles. The van der Waals surface area contributed by atoms with Crippen LogP contribution in [0, 0.1) is 18.6 Å². The molecule has 220 valence electrons. The second-order valence-corrected chi connectivity index (χ2v) is 9.62. The fourth-order valence-corrected chi connectivity index (χ4v) is 4.74. The Morgan fingerprint density at radius 1 is 0.907 bits per heavy atom. The molecule has 0 fully saturated rings. The highest BCUT2D eigenvalue weighted by atomic mass is 19.1. The van der Waals surface area contributed by atoms with Gasteiger partial charge in [0.25, 0.3) is 5.88 Å². The predicted molar refractivity (Wildman–Crippen MR) is 156 cm³/mol. The van der Waals surface area contributed by atoms with Gasteiger partial charge in [0.05, 0.1) is 32.4 Å². The Hall–Kier alpha value is -5.32. The summed E-state index contributed by atoms with van der Waals surface area (Å²) in [6.45, 7) is 1.74. The van der Waals surface area contributed by atoms with E-state index in [0.29, 0.717) is 28.0 Å². The Balaban J connectivity index is 1.48. The topological polar surface area (TPSA) is 102 Å². The lowest BCUT2D eigenvalue weighted by Crippen LogP contribution is -2.23. The molecule has 0 saturated carbocycles. The number of hydrogen-bond donors (Lipinski definition) is 0. The molecule has 5 aromatic rings. The predicted octanol–water partition coefficient (Wildman–Crippen LogP) is 5.83. The molecule has 0 saturated heterocycles. The highest BCUT2D eigenvalue weighted by molar-refractivity contribution is 5.98. The third kappa shape index (κ3) is 5.61. The van der Waals surface area contributed by atoms with Gasteiger partial charge in [-0.2, -0.15) is 0 Å². The zero-order valence-electron chi connectivity index (χ0n) is 24.0. The van der Waals surface area contributed by atoms with E-state index in [-0.39, 0.29) is 46.2 Å². The zero-order valence-corrected chi connectivity index (χ0v) is 24.0. The molecule has 9 nitrogen and oxygen atoms in total. The average Bonchev–Trinajstić information content (AvgIpc) is 3.00. The van der Waals surface area contributed by atoms with Crippen molar-refractivity contribution in [3.63, 3.8) is 0 Å². The summed E-state index contributed by atoms with van der Waals surface area (Å²) in [5.74, 6) is -0.981. The number of rotatable bonds is 9. The summed E-state index contributed by atoms with van der Waals surface area (Å²) in [4.78, 5) is 35.5. The maximum atomic E-state index is 15.4. The second kappa shape index (κ2) is 11.9. The van der Waals surface area contributed by atoms with E-state index in [1.807, 2.05) is 0 Å². The number of Topliss-reactive ketones (excluding diaryl/α,β-unsaturated/α-hetero) is 1. The van der Waals surface area contributed by atoms with Crippen LogP contribution in [0.1, 0.15) is 21.6 Å². The van der Waals surface area contributed by atoms with E-state index in [4.69, 9.17) is 18.9 Å². The number of carbonyl (C=O) groups excluding carboxylic acids is 1. The number of benzene rings is 2. The van der Waals surface area contributed by atoms with E-state index in [0.717, 1.165) is 6.07 Å². The molecular weight excluding hydrogens is 560 g/mol. The van der Waals surface area contributed by atoms with Crippen molar-refractivity contribution >= 4 is 16.8 Å². The molecule has 0 aliphatic carbocycles. The van der Waals surface area contributed by atoms with E-state index in [2.05, 4.69) is 9.97 Å². The zero-order chi connectivity index (χ0) is 30.8. The SMILES string of the molecule is COc1cc(Oc2ccnc3cc(OC)c(OC)nc23)c(F)cc1CC(=O)c1cn(C)c(C)c(-c2ccc(F)cc2)c1=O. The number of carbonyl (C=O) groups is 1. The van der Waals surface area contributed by atoms with Crippen LogP contribution in [0.3, 0.4) is 0 Å². The van der Waals surface area contributed by atoms with E-state index in [1.54, 1.807) is 24.6 Å². The monoisotopic (exact) mass is 587 g/mol. The Morgan fingerprint density at radius 2 is 1.63 bits per heavy atom. The molecule has 0 aliphatic heterocycles. The lowest BCUT2D eigenvalue weighted by molar-refractivity contribution is 0.0990. The van der Waals surface area contributed by atoms with Gasteiger partial charge in [-0.05, 0) is 30.7 Å². The lowest BCUT2D eigenvalue weighted by Gasteiger charge is -2.15. The largest absolute Gasteiger partial charge is 0.496 e. The summed E-state index contributed by atoms with van der Waals surface area (Å²) in [6.07, 6.45) is 2.60. The van der Waals surface area contributed by atoms with Crippen LogP contribution in [-0.4, -0.2) is 41.6 Å². The lowest BCUT2D eigenvalue weighted by atomic mass is 9.97. The normalized spacial score (nSPS) is 11.0. The van der Waals surface area contributed by atoms with Crippen LogP contribution >= 0.6 is 0 Å². The summed E-state index contributed by atoms with van der Waals surface area (Å²) >= 11 is 0. The average molecular weight is 588 g/mol. The second-order valence-electron chi connectivity index (χ2n) is 9.62. The minimum Gasteiger partial charge on any atom is -0.496 e. The molecule has 0 spiro atoms. The summed E-state index contributed by atoms with van der Waals surface area (Å²) in [7, 11) is 5.99. The standard InChI is InChI=1S/C32H27F2N3O6/c1-17-29(18-6-8-20(33)9-7-18)31(39)21(16-37(17)2)24(38)13-19-12-22(34)27(15-26(19)40-3)43-25-10-11-35-23-14-28(41-4)32(42-5)36-30(23)25/h6-12,14-16H,13H2,1-5H3. The van der Waals surface area contributed by atoms with Gasteiger partial charge in [-0.25, -0.2) is 13.8 Å².